The molecule has 0 aliphatic carbocycles. The van der Waals surface area contributed by atoms with E-state index in [4.69, 9.17) is 5.73 Å². The predicted molar refractivity (Wildman–Crippen MR) is 57.1 cm³/mol. The SMILES string of the molecule is COC(=O)C(N)CSc1cccc(F)c1. The number of ether oxygens (including phenoxy) is 1. The largest absolute Gasteiger partial charge is 0.468 e. The maximum atomic E-state index is 12.8. The molecule has 5 heteroatoms. The molecule has 3 nitrogen and oxygen atoms in total. The lowest BCUT2D eigenvalue weighted by atomic mass is 10.3. The monoisotopic (exact) mass is 229 g/mol. The second kappa shape index (κ2) is 5.72. The third kappa shape index (κ3) is 3.89. The van der Waals surface area contributed by atoms with E-state index in [1.54, 1.807) is 12.1 Å². The molecule has 1 aromatic carbocycles. The quantitative estimate of drug-likeness (QED) is 0.626. The van der Waals surface area contributed by atoms with E-state index in [1.165, 1.54) is 31.0 Å². The number of carbonyl (C=O) groups excluding carboxylic acids is 1. The van der Waals surface area contributed by atoms with Gasteiger partial charge in [0.15, 0.2) is 0 Å². The molecule has 1 atom stereocenters. The van der Waals surface area contributed by atoms with Crippen LogP contribution in [0.15, 0.2) is 29.2 Å². The highest BCUT2D eigenvalue weighted by Gasteiger charge is 2.13. The van der Waals surface area contributed by atoms with Crippen molar-refractivity contribution in [2.24, 2.45) is 5.73 Å². The van der Waals surface area contributed by atoms with Crippen LogP contribution in [-0.4, -0.2) is 24.9 Å². The molecule has 0 saturated carbocycles. The minimum absolute atomic E-state index is 0.299. The molecular formula is C10H12FNO2S. The fourth-order valence-electron chi connectivity index (χ4n) is 0.962. The van der Waals surface area contributed by atoms with Crippen molar-refractivity contribution in [3.63, 3.8) is 0 Å². The maximum absolute atomic E-state index is 12.8. The molecule has 0 spiro atoms. The molecule has 0 aromatic heterocycles. The summed E-state index contributed by atoms with van der Waals surface area (Å²) < 4.78 is 17.3. The van der Waals surface area contributed by atoms with Crippen LogP contribution in [0.3, 0.4) is 0 Å². The van der Waals surface area contributed by atoms with E-state index >= 15 is 0 Å². The van der Waals surface area contributed by atoms with E-state index in [-0.39, 0.29) is 5.82 Å². The van der Waals surface area contributed by atoms with Crippen molar-refractivity contribution in [3.05, 3.63) is 30.1 Å². The number of rotatable bonds is 4. The van der Waals surface area contributed by atoms with Gasteiger partial charge in [0.05, 0.1) is 7.11 Å². The highest BCUT2D eigenvalue weighted by atomic mass is 32.2. The first kappa shape index (κ1) is 12.0. The zero-order chi connectivity index (χ0) is 11.3. The Morgan fingerprint density at radius 2 is 2.40 bits per heavy atom. The van der Waals surface area contributed by atoms with Gasteiger partial charge in [0.25, 0.3) is 0 Å². The van der Waals surface area contributed by atoms with Crippen molar-refractivity contribution in [2.45, 2.75) is 10.9 Å². The van der Waals surface area contributed by atoms with Gasteiger partial charge in [-0.25, -0.2) is 4.39 Å². The Morgan fingerprint density at radius 1 is 1.67 bits per heavy atom. The number of halogens is 1. The fourth-order valence-corrected chi connectivity index (χ4v) is 1.84. The number of nitrogens with two attached hydrogens (primary N) is 1. The molecular weight excluding hydrogens is 217 g/mol. The third-order valence-electron chi connectivity index (χ3n) is 1.73. The van der Waals surface area contributed by atoms with E-state index < -0.39 is 12.0 Å². The molecule has 1 aromatic rings. The summed E-state index contributed by atoms with van der Waals surface area (Å²) in [4.78, 5) is 11.7. The van der Waals surface area contributed by atoms with Gasteiger partial charge >= 0.3 is 5.97 Å². The van der Waals surface area contributed by atoms with Gasteiger partial charge in [-0.3, -0.25) is 4.79 Å². The third-order valence-corrected chi connectivity index (χ3v) is 2.84. The molecule has 0 radical (unpaired) electrons. The van der Waals surface area contributed by atoms with Crippen LogP contribution in [-0.2, 0) is 9.53 Å². The second-order valence-corrected chi connectivity index (χ2v) is 3.99. The average Bonchev–Trinajstić information content (AvgIpc) is 2.25. The van der Waals surface area contributed by atoms with Crippen LogP contribution in [0.4, 0.5) is 4.39 Å². The van der Waals surface area contributed by atoms with Crippen molar-refractivity contribution in [1.29, 1.82) is 0 Å². The number of esters is 1. The van der Waals surface area contributed by atoms with Crippen molar-refractivity contribution in [3.8, 4) is 0 Å². The Bertz CT molecular complexity index is 346. The van der Waals surface area contributed by atoms with Crippen LogP contribution >= 0.6 is 11.8 Å². The van der Waals surface area contributed by atoms with Crippen LogP contribution in [0.1, 0.15) is 0 Å². The van der Waals surface area contributed by atoms with E-state index in [2.05, 4.69) is 4.74 Å². The van der Waals surface area contributed by atoms with Crippen molar-refractivity contribution < 1.29 is 13.9 Å². The molecule has 1 rings (SSSR count). The highest BCUT2D eigenvalue weighted by molar-refractivity contribution is 7.99. The van der Waals surface area contributed by atoms with Crippen molar-refractivity contribution in [2.75, 3.05) is 12.9 Å². The summed E-state index contributed by atoms with van der Waals surface area (Å²) >= 11 is 1.32. The Hall–Kier alpha value is -1.07. The molecule has 0 aliphatic heterocycles. The van der Waals surface area contributed by atoms with Gasteiger partial charge in [0, 0.05) is 10.6 Å². The van der Waals surface area contributed by atoms with E-state index in [9.17, 15) is 9.18 Å². The lowest BCUT2D eigenvalue weighted by molar-refractivity contribution is -0.141. The van der Waals surface area contributed by atoms with Crippen LogP contribution in [0, 0.1) is 5.82 Å². The first-order chi connectivity index (χ1) is 7.13. The first-order valence-electron chi connectivity index (χ1n) is 4.35. The molecule has 15 heavy (non-hydrogen) atoms. The standard InChI is InChI=1S/C10H12FNO2S/c1-14-10(13)9(12)6-15-8-4-2-3-7(11)5-8/h2-5,9H,6,12H2,1H3. The van der Waals surface area contributed by atoms with Crippen molar-refractivity contribution >= 4 is 17.7 Å². The van der Waals surface area contributed by atoms with E-state index in [0.29, 0.717) is 5.75 Å². The number of methoxy groups -OCH3 is 1. The summed E-state index contributed by atoms with van der Waals surface area (Å²) in [6.07, 6.45) is 0. The normalized spacial score (nSPS) is 12.2. The number of carbonyl (C=O) groups is 1. The Morgan fingerprint density at radius 3 is 3.00 bits per heavy atom. The van der Waals surface area contributed by atoms with Crippen molar-refractivity contribution in [1.82, 2.24) is 0 Å². The number of thioether (sulfide) groups is 1. The zero-order valence-corrected chi connectivity index (χ0v) is 9.09. The van der Waals surface area contributed by atoms with Gasteiger partial charge in [-0.15, -0.1) is 11.8 Å². The van der Waals surface area contributed by atoms with E-state index in [1.807, 2.05) is 0 Å². The minimum atomic E-state index is -0.678. The van der Waals surface area contributed by atoms with E-state index in [0.717, 1.165) is 4.90 Å². The van der Waals surface area contributed by atoms with Gasteiger partial charge in [-0.2, -0.15) is 0 Å². The predicted octanol–water partition coefficient (Wildman–Crippen LogP) is 1.42. The zero-order valence-electron chi connectivity index (χ0n) is 8.27. The van der Waals surface area contributed by atoms with Crippen LogP contribution < -0.4 is 5.73 Å². The smallest absolute Gasteiger partial charge is 0.323 e. The molecule has 0 heterocycles. The maximum Gasteiger partial charge on any atom is 0.323 e. The summed E-state index contributed by atoms with van der Waals surface area (Å²) in [7, 11) is 1.29. The Labute approximate surface area is 91.8 Å². The van der Waals surface area contributed by atoms with Gasteiger partial charge < -0.3 is 10.5 Å². The van der Waals surface area contributed by atoms with Gasteiger partial charge in [0.1, 0.15) is 11.9 Å². The fraction of sp³-hybridized carbons (Fsp3) is 0.300. The molecule has 0 fully saturated rings. The lowest BCUT2D eigenvalue weighted by Crippen LogP contribution is -2.33. The van der Waals surface area contributed by atoms with Gasteiger partial charge in [0.2, 0.25) is 0 Å². The minimum Gasteiger partial charge on any atom is -0.468 e. The second-order valence-electron chi connectivity index (χ2n) is 2.90. The first-order valence-corrected chi connectivity index (χ1v) is 5.34. The Balaban J connectivity index is 2.47. The summed E-state index contributed by atoms with van der Waals surface area (Å²) in [5.74, 6) is -0.388. The number of hydrogen-bond acceptors (Lipinski definition) is 4. The summed E-state index contributed by atoms with van der Waals surface area (Å²) in [5.41, 5.74) is 5.52. The molecule has 82 valence electrons. The van der Waals surface area contributed by atoms with Gasteiger partial charge in [-0.1, -0.05) is 6.07 Å². The van der Waals surface area contributed by atoms with Gasteiger partial charge in [-0.05, 0) is 18.2 Å². The molecule has 2 N–H and O–H groups in total. The summed E-state index contributed by atoms with van der Waals surface area (Å²) in [6, 6.07) is 5.46. The topological polar surface area (TPSA) is 52.3 Å². The number of hydrogen-bond donors (Lipinski definition) is 1. The van der Waals surface area contributed by atoms with Crippen LogP contribution in [0.25, 0.3) is 0 Å². The Kier molecular flexibility index (Phi) is 4.58. The van der Waals surface area contributed by atoms with Crippen LogP contribution in [0.2, 0.25) is 0 Å². The highest BCUT2D eigenvalue weighted by Crippen LogP contribution is 2.19. The summed E-state index contributed by atoms with van der Waals surface area (Å²) in [5, 5.41) is 0. The molecule has 0 bridgehead atoms. The molecule has 0 aliphatic rings. The summed E-state index contributed by atoms with van der Waals surface area (Å²) in [6.45, 7) is 0. The number of benzene rings is 1. The molecule has 0 saturated heterocycles. The lowest BCUT2D eigenvalue weighted by Gasteiger charge is -2.08. The van der Waals surface area contributed by atoms with Crippen LogP contribution in [0.5, 0.6) is 0 Å². The molecule has 1 unspecified atom stereocenters. The average molecular weight is 229 g/mol. The molecule has 0 amide bonds.